The molecule has 0 fully saturated rings. The summed E-state index contributed by atoms with van der Waals surface area (Å²) in [6.07, 6.45) is 0. The largest absolute Gasteiger partial charge is 3.00 e. The van der Waals surface area contributed by atoms with Crippen molar-refractivity contribution in [3.8, 4) is 11.5 Å². The summed E-state index contributed by atoms with van der Waals surface area (Å²) in [4.78, 5) is 23.7. The molecule has 1 radical (unpaired) electrons. The fourth-order valence-electron chi connectivity index (χ4n) is 3.69. The van der Waals surface area contributed by atoms with Crippen LogP contribution in [0, 0.1) is 0 Å². The van der Waals surface area contributed by atoms with Crippen LogP contribution in [-0.4, -0.2) is 28.6 Å². The fourth-order valence-corrected chi connectivity index (χ4v) is 4.75. The van der Waals surface area contributed by atoms with Crippen molar-refractivity contribution in [2.24, 2.45) is 30.7 Å². The Kier molecular flexibility index (Phi) is 18.4. The van der Waals surface area contributed by atoms with Gasteiger partial charge in [0.25, 0.3) is 11.8 Å². The number of azo groups is 2. The Hall–Kier alpha value is -4.95. The summed E-state index contributed by atoms with van der Waals surface area (Å²) in [6, 6.07) is 22.5. The van der Waals surface area contributed by atoms with Crippen LogP contribution in [0.5, 0.6) is 11.5 Å². The van der Waals surface area contributed by atoms with E-state index in [-0.39, 0.29) is 68.1 Å². The van der Waals surface area contributed by atoms with Gasteiger partial charge in [0.2, 0.25) is 20.0 Å². The van der Waals surface area contributed by atoms with E-state index in [1.165, 1.54) is 0 Å². The minimum Gasteiger partial charge on any atom is -0.874 e. The van der Waals surface area contributed by atoms with Gasteiger partial charge in [-0.1, -0.05) is 73.9 Å². The monoisotopic (exact) mass is 823 g/mol. The molecule has 0 atom stereocenters. The summed E-state index contributed by atoms with van der Waals surface area (Å²) < 4.78 is 45.3. The van der Waals surface area contributed by atoms with Crippen LogP contribution in [-0.2, 0) is 47.0 Å². The zero-order chi connectivity index (χ0) is 38.6. The van der Waals surface area contributed by atoms with E-state index in [9.17, 15) is 46.9 Å². The van der Waals surface area contributed by atoms with Gasteiger partial charge in [-0.25, -0.2) is 27.1 Å². The average Bonchev–Trinajstić information content (AvgIpc) is 3.06. The average molecular weight is 824 g/mol. The first-order valence-corrected chi connectivity index (χ1v) is 17.5. The predicted octanol–water partition coefficient (Wildman–Crippen LogP) is -1.55. The summed E-state index contributed by atoms with van der Waals surface area (Å²) in [7, 11) is -8.10. The SMILES string of the molecule is C/C([O-])=C(/N=Nc1cc(S(N)(=O)=O)ccc1[O-])C(=O)Nc1ccccc1.C/C([O-])=C(\N=Nc1cc(S(N)(=O)=O)ccc1[O-])C(=O)Nc1ccccc1.[Cr+3].[Na+]. The smallest absolute Gasteiger partial charge is 0.874 e. The molecule has 0 aliphatic rings. The number of hydrogen-bond acceptors (Lipinski definition) is 14. The number of nitrogens with two attached hydrogens (primary N) is 2. The normalized spacial score (nSPS) is 12.2. The van der Waals surface area contributed by atoms with Crippen molar-refractivity contribution in [1.82, 2.24) is 0 Å². The van der Waals surface area contributed by atoms with E-state index >= 15 is 0 Å². The number of anilines is 2. The quantitative estimate of drug-likeness (QED) is 0.0617. The van der Waals surface area contributed by atoms with Gasteiger partial charge in [0, 0.05) is 11.4 Å². The van der Waals surface area contributed by atoms with Crippen molar-refractivity contribution >= 4 is 54.6 Å². The summed E-state index contributed by atoms with van der Waals surface area (Å²) in [5.41, 5.74) is -0.964. The Labute approximate surface area is 342 Å². The topological polar surface area (TPSA) is 320 Å². The Bertz CT molecular complexity index is 2140. The van der Waals surface area contributed by atoms with Crippen molar-refractivity contribution in [3.05, 3.63) is 120 Å². The van der Waals surface area contributed by atoms with E-state index in [0.29, 0.717) is 11.4 Å². The van der Waals surface area contributed by atoms with Gasteiger partial charge in [-0.3, -0.25) is 9.59 Å². The van der Waals surface area contributed by atoms with Crippen LogP contribution in [0.25, 0.3) is 0 Å². The van der Waals surface area contributed by atoms with Crippen LogP contribution in [0.2, 0.25) is 0 Å². The molecule has 18 nitrogen and oxygen atoms in total. The first kappa shape index (κ1) is 47.1. The molecule has 22 heteroatoms. The third-order valence-corrected chi connectivity index (χ3v) is 8.02. The first-order valence-electron chi connectivity index (χ1n) is 14.4. The number of para-hydroxylation sites is 2. The maximum atomic E-state index is 12.2. The molecule has 2 amide bonds. The maximum absolute atomic E-state index is 12.2. The number of nitrogens with one attached hydrogen (secondary N) is 2. The third-order valence-electron chi connectivity index (χ3n) is 6.19. The molecule has 0 aromatic heterocycles. The van der Waals surface area contributed by atoms with E-state index in [2.05, 4.69) is 31.1 Å². The first-order chi connectivity index (χ1) is 24.4. The van der Waals surface area contributed by atoms with Gasteiger partial charge in [0.05, 0.1) is 21.2 Å². The Morgan fingerprint density at radius 1 is 0.593 bits per heavy atom. The van der Waals surface area contributed by atoms with Crippen LogP contribution < -0.4 is 70.9 Å². The summed E-state index contributed by atoms with van der Waals surface area (Å²) in [6.45, 7) is 2.22. The second kappa shape index (κ2) is 21.1. The van der Waals surface area contributed by atoms with Crippen molar-refractivity contribution < 1.29 is 93.8 Å². The molecule has 0 saturated heterocycles. The molecule has 4 aromatic carbocycles. The number of allylic oxidation sites excluding steroid dienone is 2. The standard InChI is InChI=1S/2C16H16N4O5S.Cr.Na/c2*1-10(21)15(16(23)18-11-5-3-2-4-6-11)20-19-13-9-12(26(17,24)25)7-8-14(13)22;;/h2*2-9,21-22H,1H3,(H,18,23)(H2,17,24,25);;/q;;+3;+1/p-4/b15-10+,20-19?;15-10-,20-19?;;. The molecule has 275 valence electrons. The molecular formula is C32H28CrN8NaO10S2. The molecule has 0 bridgehead atoms. The Balaban J connectivity index is 0.000000521. The van der Waals surface area contributed by atoms with E-state index in [1.54, 1.807) is 60.7 Å². The van der Waals surface area contributed by atoms with Gasteiger partial charge >= 0.3 is 46.9 Å². The Morgan fingerprint density at radius 3 is 1.19 bits per heavy atom. The summed E-state index contributed by atoms with van der Waals surface area (Å²) in [5.74, 6) is -4.29. The van der Waals surface area contributed by atoms with Gasteiger partial charge < -0.3 is 31.1 Å². The summed E-state index contributed by atoms with van der Waals surface area (Å²) in [5, 5.41) is 75.9. The Morgan fingerprint density at radius 2 is 0.907 bits per heavy atom. The molecule has 0 unspecified atom stereocenters. The van der Waals surface area contributed by atoms with Crippen LogP contribution in [0.3, 0.4) is 0 Å². The van der Waals surface area contributed by atoms with Gasteiger partial charge in [0.1, 0.15) is 11.4 Å². The molecule has 0 saturated carbocycles. The van der Waals surface area contributed by atoms with Crippen LogP contribution in [0.1, 0.15) is 13.8 Å². The molecule has 4 rings (SSSR count). The number of hydrogen-bond donors (Lipinski definition) is 4. The minimum atomic E-state index is -4.05. The van der Waals surface area contributed by atoms with Crippen molar-refractivity contribution in [3.63, 3.8) is 0 Å². The molecule has 0 heterocycles. The number of nitrogens with zero attached hydrogens (tertiary/aromatic N) is 4. The van der Waals surface area contributed by atoms with E-state index in [0.717, 1.165) is 50.2 Å². The third kappa shape index (κ3) is 14.5. The molecule has 6 N–H and O–H groups in total. The van der Waals surface area contributed by atoms with Gasteiger partial charge in [0.15, 0.2) is 0 Å². The van der Waals surface area contributed by atoms with E-state index in [4.69, 9.17) is 10.3 Å². The second-order valence-corrected chi connectivity index (χ2v) is 13.3. The number of carbonyl (C=O) groups is 2. The fraction of sp³-hybridized carbons (Fsp3) is 0.0625. The van der Waals surface area contributed by atoms with Crippen molar-refractivity contribution in [2.75, 3.05) is 10.6 Å². The number of sulfonamides is 2. The van der Waals surface area contributed by atoms with E-state index in [1.807, 2.05) is 0 Å². The molecule has 0 spiro atoms. The van der Waals surface area contributed by atoms with Crippen LogP contribution in [0.15, 0.2) is 150 Å². The molecular weight excluding hydrogens is 796 g/mol. The second-order valence-electron chi connectivity index (χ2n) is 10.2. The van der Waals surface area contributed by atoms with E-state index < -0.39 is 66.3 Å². The van der Waals surface area contributed by atoms with Gasteiger partial charge in [-0.2, -0.15) is 10.2 Å². The zero-order valence-corrected chi connectivity index (χ0v) is 33.4. The van der Waals surface area contributed by atoms with Crippen LogP contribution in [0.4, 0.5) is 22.7 Å². The number of benzene rings is 4. The minimum absolute atomic E-state index is 0. The zero-order valence-electron chi connectivity index (χ0n) is 28.5. The summed E-state index contributed by atoms with van der Waals surface area (Å²) >= 11 is 0. The molecule has 54 heavy (non-hydrogen) atoms. The number of primary sulfonamides is 2. The van der Waals surface area contributed by atoms with Crippen LogP contribution >= 0.6 is 0 Å². The number of carbonyl (C=O) groups excluding carboxylic acids is 2. The van der Waals surface area contributed by atoms with Crippen molar-refractivity contribution in [2.45, 2.75) is 23.6 Å². The maximum Gasteiger partial charge on any atom is 3.00 e. The number of rotatable bonds is 10. The van der Waals surface area contributed by atoms with Gasteiger partial charge in [-0.15, -0.1) is 21.7 Å². The van der Waals surface area contributed by atoms with Crippen molar-refractivity contribution in [1.29, 1.82) is 0 Å². The molecule has 0 aliphatic carbocycles. The predicted molar refractivity (Wildman–Crippen MR) is 179 cm³/mol. The molecule has 0 aliphatic heterocycles. The molecule has 4 aromatic rings. The number of amides is 2. The van der Waals surface area contributed by atoms with Gasteiger partial charge in [-0.05, 0) is 48.5 Å².